The van der Waals surface area contributed by atoms with Crippen LogP contribution in [0.2, 0.25) is 0 Å². The fourth-order valence-electron chi connectivity index (χ4n) is 3.44. The van der Waals surface area contributed by atoms with Crippen LogP contribution in [0.5, 0.6) is 0 Å². The van der Waals surface area contributed by atoms with Crippen LogP contribution in [0.3, 0.4) is 0 Å². The number of rotatable bonds is 4. The Kier molecular flexibility index (Phi) is 4.80. The molecule has 2 fully saturated rings. The fraction of sp³-hybridized carbons (Fsp3) is 0.688. The van der Waals surface area contributed by atoms with Crippen LogP contribution in [0, 0.1) is 12.8 Å². The van der Waals surface area contributed by atoms with Gasteiger partial charge < -0.3 is 0 Å². The summed E-state index contributed by atoms with van der Waals surface area (Å²) in [7, 11) is -3.24. The monoisotopic (exact) mass is 323 g/mol. The van der Waals surface area contributed by atoms with E-state index in [1.807, 2.05) is 19.2 Å². The Labute approximate surface area is 133 Å². The third-order valence-corrected chi connectivity index (χ3v) is 6.70. The Morgan fingerprint density at radius 1 is 1.14 bits per heavy atom. The van der Waals surface area contributed by atoms with E-state index in [9.17, 15) is 8.42 Å². The van der Waals surface area contributed by atoms with Gasteiger partial charge in [-0.05, 0) is 56.6 Å². The summed E-state index contributed by atoms with van der Waals surface area (Å²) in [4.78, 5) is 4.34. The average molecular weight is 323 g/mol. The maximum Gasteiger partial charge on any atom is 0.281 e. The summed E-state index contributed by atoms with van der Waals surface area (Å²) in [6.45, 7) is 4.67. The molecule has 0 saturated carbocycles. The first kappa shape index (κ1) is 15.9. The van der Waals surface area contributed by atoms with Gasteiger partial charge in [-0.2, -0.15) is 17.0 Å². The molecule has 0 bridgehead atoms. The predicted molar refractivity (Wildman–Crippen MR) is 86.7 cm³/mol. The second-order valence-electron chi connectivity index (χ2n) is 6.49. The van der Waals surface area contributed by atoms with Crippen molar-refractivity contribution in [3.8, 4) is 0 Å². The lowest BCUT2D eigenvalue weighted by atomic mass is 9.93. The van der Waals surface area contributed by atoms with E-state index in [0.29, 0.717) is 32.1 Å². The third kappa shape index (κ3) is 3.50. The highest BCUT2D eigenvalue weighted by Crippen LogP contribution is 2.25. The van der Waals surface area contributed by atoms with E-state index in [4.69, 9.17) is 0 Å². The Bertz CT molecular complexity index is 594. The topological polar surface area (TPSA) is 53.5 Å². The van der Waals surface area contributed by atoms with Crippen molar-refractivity contribution in [2.45, 2.75) is 39.0 Å². The minimum Gasteiger partial charge on any atom is -0.261 e. The molecule has 3 rings (SSSR count). The van der Waals surface area contributed by atoms with Crippen molar-refractivity contribution in [3.63, 3.8) is 0 Å². The Hall–Kier alpha value is -0.980. The molecule has 0 aromatic carbocycles. The normalized spacial score (nSPS) is 24.7. The molecular weight excluding hydrogens is 298 g/mol. The van der Waals surface area contributed by atoms with E-state index >= 15 is 0 Å². The van der Waals surface area contributed by atoms with E-state index < -0.39 is 10.2 Å². The van der Waals surface area contributed by atoms with Gasteiger partial charge in [0.15, 0.2) is 0 Å². The number of piperidine rings is 1. The van der Waals surface area contributed by atoms with Crippen molar-refractivity contribution in [2.24, 2.45) is 5.92 Å². The second kappa shape index (κ2) is 6.64. The third-order valence-electron chi connectivity index (χ3n) is 4.70. The largest absolute Gasteiger partial charge is 0.281 e. The zero-order valence-corrected chi connectivity index (χ0v) is 14.1. The van der Waals surface area contributed by atoms with Crippen LogP contribution in [0.15, 0.2) is 18.3 Å². The molecule has 22 heavy (non-hydrogen) atoms. The Morgan fingerprint density at radius 2 is 1.86 bits per heavy atom. The first-order valence-electron chi connectivity index (χ1n) is 8.22. The molecule has 2 aliphatic heterocycles. The zero-order chi connectivity index (χ0) is 15.6. The van der Waals surface area contributed by atoms with Gasteiger partial charge in [0.05, 0.1) is 0 Å². The molecule has 2 aliphatic rings. The van der Waals surface area contributed by atoms with Crippen molar-refractivity contribution in [2.75, 3.05) is 26.2 Å². The number of aromatic nitrogens is 1. The van der Waals surface area contributed by atoms with Crippen LogP contribution >= 0.6 is 0 Å². The van der Waals surface area contributed by atoms with Gasteiger partial charge >= 0.3 is 0 Å². The van der Waals surface area contributed by atoms with Crippen LogP contribution in [0.4, 0.5) is 0 Å². The fourth-order valence-corrected chi connectivity index (χ4v) is 5.24. The summed E-state index contributed by atoms with van der Waals surface area (Å²) in [6, 6.07) is 4.13. The first-order valence-corrected chi connectivity index (χ1v) is 9.62. The maximum atomic E-state index is 12.7. The summed E-state index contributed by atoms with van der Waals surface area (Å²) < 4.78 is 28.7. The molecule has 122 valence electrons. The van der Waals surface area contributed by atoms with E-state index in [-0.39, 0.29) is 0 Å². The minimum atomic E-state index is -3.24. The standard InChI is InChI=1S/C16H25N3O2S/c1-14-6-7-15(12-17-14)11-16-5-4-10-19(13-16)22(20,21)18-8-2-3-9-18/h6-7,12,16H,2-5,8-11,13H2,1H3/t16-/m1/s1. The van der Waals surface area contributed by atoms with E-state index in [0.717, 1.165) is 37.8 Å². The molecule has 1 aromatic rings. The summed E-state index contributed by atoms with van der Waals surface area (Å²) in [5, 5.41) is 0. The van der Waals surface area contributed by atoms with Crippen LogP contribution < -0.4 is 0 Å². The van der Waals surface area contributed by atoms with Gasteiger partial charge in [0.25, 0.3) is 10.2 Å². The molecule has 5 nitrogen and oxygen atoms in total. The summed E-state index contributed by atoms with van der Waals surface area (Å²) in [6.07, 6.45) is 6.87. The Balaban J connectivity index is 1.65. The first-order chi connectivity index (χ1) is 10.6. The van der Waals surface area contributed by atoms with E-state index in [2.05, 4.69) is 11.1 Å². The van der Waals surface area contributed by atoms with Crippen molar-refractivity contribution in [1.29, 1.82) is 0 Å². The molecule has 1 atom stereocenters. The van der Waals surface area contributed by atoms with Crippen LogP contribution in [0.25, 0.3) is 0 Å². The number of nitrogens with zero attached hydrogens (tertiary/aromatic N) is 3. The molecule has 0 amide bonds. The molecule has 6 heteroatoms. The molecule has 2 saturated heterocycles. The summed E-state index contributed by atoms with van der Waals surface area (Å²) in [5.74, 6) is 0.399. The summed E-state index contributed by atoms with van der Waals surface area (Å²) in [5.41, 5.74) is 2.22. The minimum absolute atomic E-state index is 0.399. The molecular formula is C16H25N3O2S. The number of aryl methyl sites for hydroxylation is 1. The van der Waals surface area contributed by atoms with Crippen LogP contribution in [0.1, 0.15) is 36.9 Å². The lowest BCUT2D eigenvalue weighted by molar-refractivity contribution is 0.250. The quantitative estimate of drug-likeness (QED) is 0.851. The average Bonchev–Trinajstić information content (AvgIpc) is 3.05. The lowest BCUT2D eigenvalue weighted by Crippen LogP contribution is -2.47. The van der Waals surface area contributed by atoms with Crippen LogP contribution in [-0.2, 0) is 16.6 Å². The van der Waals surface area contributed by atoms with Crippen molar-refractivity contribution in [1.82, 2.24) is 13.6 Å². The molecule has 1 aromatic heterocycles. The van der Waals surface area contributed by atoms with Crippen LogP contribution in [-0.4, -0.2) is 48.2 Å². The van der Waals surface area contributed by atoms with Gasteiger partial charge in [-0.25, -0.2) is 0 Å². The smallest absolute Gasteiger partial charge is 0.261 e. The lowest BCUT2D eigenvalue weighted by Gasteiger charge is -2.34. The van der Waals surface area contributed by atoms with Gasteiger partial charge in [-0.1, -0.05) is 6.07 Å². The van der Waals surface area contributed by atoms with Crippen molar-refractivity contribution >= 4 is 10.2 Å². The number of hydrogen-bond acceptors (Lipinski definition) is 3. The highest BCUT2D eigenvalue weighted by molar-refractivity contribution is 7.86. The van der Waals surface area contributed by atoms with Gasteiger partial charge in [0.1, 0.15) is 0 Å². The molecule has 0 unspecified atom stereocenters. The maximum absolute atomic E-state index is 12.7. The van der Waals surface area contributed by atoms with Gasteiger partial charge in [-0.15, -0.1) is 0 Å². The molecule has 0 N–H and O–H groups in total. The molecule has 0 aliphatic carbocycles. The predicted octanol–water partition coefficient (Wildman–Crippen LogP) is 1.99. The van der Waals surface area contributed by atoms with Gasteiger partial charge in [-0.3, -0.25) is 4.98 Å². The van der Waals surface area contributed by atoms with Gasteiger partial charge in [0, 0.05) is 38.1 Å². The van der Waals surface area contributed by atoms with E-state index in [1.54, 1.807) is 8.61 Å². The zero-order valence-electron chi connectivity index (χ0n) is 13.2. The molecule has 0 radical (unpaired) electrons. The second-order valence-corrected chi connectivity index (χ2v) is 8.42. The van der Waals surface area contributed by atoms with Gasteiger partial charge in [0.2, 0.25) is 0 Å². The Morgan fingerprint density at radius 3 is 2.55 bits per heavy atom. The molecule has 0 spiro atoms. The SMILES string of the molecule is Cc1ccc(C[C@H]2CCCN(S(=O)(=O)N3CCCC3)C2)cn1. The van der Waals surface area contributed by atoms with Crippen molar-refractivity contribution in [3.05, 3.63) is 29.6 Å². The highest BCUT2D eigenvalue weighted by Gasteiger charge is 2.34. The highest BCUT2D eigenvalue weighted by atomic mass is 32.2. The van der Waals surface area contributed by atoms with E-state index in [1.165, 1.54) is 5.56 Å². The number of hydrogen-bond donors (Lipinski definition) is 0. The molecule has 3 heterocycles. The van der Waals surface area contributed by atoms with Crippen molar-refractivity contribution < 1.29 is 8.42 Å². The number of pyridine rings is 1. The summed E-state index contributed by atoms with van der Waals surface area (Å²) >= 11 is 0.